The normalized spacial score (nSPS) is 20.2. The van der Waals surface area contributed by atoms with E-state index in [2.05, 4.69) is 18.1 Å². The number of ether oxygens (including phenoxy) is 2. The van der Waals surface area contributed by atoms with Crippen molar-refractivity contribution in [2.75, 3.05) is 19.8 Å². The Labute approximate surface area is 118 Å². The first-order valence-corrected chi connectivity index (χ1v) is 8.15. The number of aliphatic imine (C=N–C) groups is 1. The summed E-state index contributed by atoms with van der Waals surface area (Å²) >= 11 is 0. The maximum atomic E-state index is 5.69. The van der Waals surface area contributed by atoms with Gasteiger partial charge >= 0.3 is 0 Å². The van der Waals surface area contributed by atoms with Crippen molar-refractivity contribution in [3.8, 4) is 0 Å². The highest BCUT2D eigenvalue weighted by molar-refractivity contribution is 5.56. The SMILES string of the molecule is CCCCCCN=CCCCCOC1CCCCO1. The summed E-state index contributed by atoms with van der Waals surface area (Å²) in [6.45, 7) is 4.94. The van der Waals surface area contributed by atoms with Gasteiger partial charge in [0.1, 0.15) is 0 Å². The van der Waals surface area contributed by atoms with Crippen molar-refractivity contribution in [2.45, 2.75) is 77.4 Å². The fraction of sp³-hybridized carbons (Fsp3) is 0.938. The highest BCUT2D eigenvalue weighted by Gasteiger charge is 2.12. The van der Waals surface area contributed by atoms with Gasteiger partial charge in [0.2, 0.25) is 0 Å². The van der Waals surface area contributed by atoms with Crippen LogP contribution >= 0.6 is 0 Å². The molecule has 3 nitrogen and oxygen atoms in total. The quantitative estimate of drug-likeness (QED) is 0.412. The van der Waals surface area contributed by atoms with E-state index in [0.29, 0.717) is 0 Å². The second kappa shape index (κ2) is 12.6. The van der Waals surface area contributed by atoms with Crippen LogP contribution in [-0.4, -0.2) is 32.3 Å². The van der Waals surface area contributed by atoms with Gasteiger partial charge in [-0.05, 0) is 51.2 Å². The number of rotatable bonds is 11. The third-order valence-corrected chi connectivity index (χ3v) is 3.44. The maximum absolute atomic E-state index is 5.69. The van der Waals surface area contributed by atoms with Crippen LogP contribution in [0.4, 0.5) is 0 Å². The van der Waals surface area contributed by atoms with Crippen molar-refractivity contribution < 1.29 is 9.47 Å². The molecule has 0 aromatic rings. The molecule has 3 heteroatoms. The Morgan fingerprint density at radius 1 is 1.16 bits per heavy atom. The summed E-state index contributed by atoms with van der Waals surface area (Å²) in [5.41, 5.74) is 0. The number of hydrogen-bond donors (Lipinski definition) is 0. The highest BCUT2D eigenvalue weighted by atomic mass is 16.7. The average Bonchev–Trinajstić information content (AvgIpc) is 2.46. The molecule has 0 aliphatic carbocycles. The van der Waals surface area contributed by atoms with E-state index in [1.54, 1.807) is 0 Å². The van der Waals surface area contributed by atoms with Gasteiger partial charge in [0, 0.05) is 19.8 Å². The Kier molecular flexibility index (Phi) is 11.1. The first kappa shape index (κ1) is 16.6. The van der Waals surface area contributed by atoms with Crippen LogP contribution in [0.25, 0.3) is 0 Å². The van der Waals surface area contributed by atoms with Gasteiger partial charge in [0.05, 0.1) is 0 Å². The maximum Gasteiger partial charge on any atom is 0.157 e. The monoisotopic (exact) mass is 269 g/mol. The van der Waals surface area contributed by atoms with Crippen LogP contribution in [0.15, 0.2) is 4.99 Å². The van der Waals surface area contributed by atoms with Crippen LogP contribution in [0.2, 0.25) is 0 Å². The van der Waals surface area contributed by atoms with Crippen LogP contribution in [0, 0.1) is 0 Å². The molecule has 0 spiro atoms. The molecule has 0 aromatic carbocycles. The van der Waals surface area contributed by atoms with E-state index in [0.717, 1.165) is 39.0 Å². The van der Waals surface area contributed by atoms with E-state index in [9.17, 15) is 0 Å². The predicted octanol–water partition coefficient (Wildman–Crippen LogP) is 4.35. The Morgan fingerprint density at radius 2 is 2.11 bits per heavy atom. The predicted molar refractivity (Wildman–Crippen MR) is 80.9 cm³/mol. The zero-order chi connectivity index (χ0) is 13.6. The molecule has 1 heterocycles. The smallest absolute Gasteiger partial charge is 0.157 e. The number of nitrogens with zero attached hydrogens (tertiary/aromatic N) is 1. The van der Waals surface area contributed by atoms with Crippen molar-refractivity contribution in [3.05, 3.63) is 0 Å². The van der Waals surface area contributed by atoms with E-state index < -0.39 is 0 Å². The zero-order valence-electron chi connectivity index (χ0n) is 12.6. The van der Waals surface area contributed by atoms with Crippen LogP contribution in [-0.2, 0) is 9.47 Å². The molecule has 1 aliphatic heterocycles. The molecule has 1 saturated heterocycles. The molecule has 1 atom stereocenters. The van der Waals surface area contributed by atoms with Gasteiger partial charge in [0.15, 0.2) is 6.29 Å². The van der Waals surface area contributed by atoms with Crippen molar-refractivity contribution in [1.29, 1.82) is 0 Å². The largest absolute Gasteiger partial charge is 0.353 e. The standard InChI is InChI=1S/C16H31NO2/c1-2-3-4-7-12-17-13-8-5-9-14-18-16-11-6-10-15-19-16/h13,16H,2-12,14-15H2,1H3. The molecule has 19 heavy (non-hydrogen) atoms. The molecule has 112 valence electrons. The second-order valence-corrected chi connectivity index (χ2v) is 5.31. The van der Waals surface area contributed by atoms with Gasteiger partial charge in [-0.1, -0.05) is 26.2 Å². The highest BCUT2D eigenvalue weighted by Crippen LogP contribution is 2.14. The van der Waals surface area contributed by atoms with Gasteiger partial charge in [0.25, 0.3) is 0 Å². The topological polar surface area (TPSA) is 30.8 Å². The van der Waals surface area contributed by atoms with Gasteiger partial charge in [-0.2, -0.15) is 0 Å². The summed E-state index contributed by atoms with van der Waals surface area (Å²) in [6.07, 6.45) is 14.2. The minimum absolute atomic E-state index is 0.0704. The third-order valence-electron chi connectivity index (χ3n) is 3.44. The fourth-order valence-electron chi connectivity index (χ4n) is 2.21. The van der Waals surface area contributed by atoms with E-state index >= 15 is 0 Å². The van der Waals surface area contributed by atoms with Crippen molar-refractivity contribution >= 4 is 6.21 Å². The minimum atomic E-state index is 0.0704. The molecular formula is C16H31NO2. The van der Waals surface area contributed by atoms with Crippen molar-refractivity contribution in [2.24, 2.45) is 4.99 Å². The molecule has 0 aromatic heterocycles. The van der Waals surface area contributed by atoms with Crippen LogP contribution < -0.4 is 0 Å². The van der Waals surface area contributed by atoms with E-state index in [1.807, 2.05) is 0 Å². The molecule has 1 rings (SSSR count). The lowest BCUT2D eigenvalue weighted by molar-refractivity contribution is -0.162. The molecular weight excluding hydrogens is 238 g/mol. The summed E-state index contributed by atoms with van der Waals surface area (Å²) in [5, 5.41) is 0. The molecule has 1 fully saturated rings. The summed E-state index contributed by atoms with van der Waals surface area (Å²) < 4.78 is 11.2. The number of hydrogen-bond acceptors (Lipinski definition) is 3. The van der Waals surface area contributed by atoms with Gasteiger partial charge < -0.3 is 9.47 Å². The lowest BCUT2D eigenvalue weighted by Crippen LogP contribution is -2.22. The molecule has 0 bridgehead atoms. The summed E-state index contributed by atoms with van der Waals surface area (Å²) in [7, 11) is 0. The Bertz CT molecular complexity index is 213. The molecule has 0 radical (unpaired) electrons. The Morgan fingerprint density at radius 3 is 2.89 bits per heavy atom. The molecule has 0 amide bonds. The van der Waals surface area contributed by atoms with Crippen LogP contribution in [0.3, 0.4) is 0 Å². The molecule has 1 aliphatic rings. The fourth-order valence-corrected chi connectivity index (χ4v) is 2.21. The molecule has 1 unspecified atom stereocenters. The molecule has 0 saturated carbocycles. The number of unbranched alkanes of at least 4 members (excludes halogenated alkanes) is 5. The zero-order valence-corrected chi connectivity index (χ0v) is 12.6. The van der Waals surface area contributed by atoms with E-state index in [-0.39, 0.29) is 6.29 Å². The minimum Gasteiger partial charge on any atom is -0.353 e. The van der Waals surface area contributed by atoms with Gasteiger partial charge in [-0.3, -0.25) is 4.99 Å². The summed E-state index contributed by atoms with van der Waals surface area (Å²) in [6, 6.07) is 0. The Hall–Kier alpha value is -0.410. The van der Waals surface area contributed by atoms with Crippen molar-refractivity contribution in [1.82, 2.24) is 0 Å². The van der Waals surface area contributed by atoms with E-state index in [4.69, 9.17) is 9.47 Å². The lowest BCUT2D eigenvalue weighted by Gasteiger charge is -2.22. The third kappa shape index (κ3) is 10.1. The lowest BCUT2D eigenvalue weighted by atomic mass is 10.2. The first-order valence-electron chi connectivity index (χ1n) is 8.15. The summed E-state index contributed by atoms with van der Waals surface area (Å²) in [4.78, 5) is 4.44. The first-order chi connectivity index (χ1) is 9.43. The van der Waals surface area contributed by atoms with Gasteiger partial charge in [-0.15, -0.1) is 0 Å². The Balaban J connectivity index is 1.78. The average molecular weight is 269 g/mol. The van der Waals surface area contributed by atoms with Crippen LogP contribution in [0.1, 0.15) is 71.1 Å². The second-order valence-electron chi connectivity index (χ2n) is 5.31. The molecule has 0 N–H and O–H groups in total. The van der Waals surface area contributed by atoms with Gasteiger partial charge in [-0.25, -0.2) is 0 Å². The summed E-state index contributed by atoms with van der Waals surface area (Å²) in [5.74, 6) is 0. The van der Waals surface area contributed by atoms with E-state index in [1.165, 1.54) is 44.9 Å². The van der Waals surface area contributed by atoms with Crippen LogP contribution in [0.5, 0.6) is 0 Å². The van der Waals surface area contributed by atoms with Crippen molar-refractivity contribution in [3.63, 3.8) is 0 Å².